The van der Waals surface area contributed by atoms with E-state index >= 15 is 0 Å². The molecule has 31 heavy (non-hydrogen) atoms. The molecule has 1 heterocycles. The summed E-state index contributed by atoms with van der Waals surface area (Å²) < 4.78 is 38.7. The lowest BCUT2D eigenvalue weighted by molar-refractivity contribution is -0.136. The van der Waals surface area contributed by atoms with Crippen LogP contribution in [0.15, 0.2) is 56.6 Å². The number of carbonyl (C=O) groups excluding carboxylic acids is 1. The second-order valence-corrected chi connectivity index (χ2v) is 9.22. The molecule has 8 heteroatoms. The molecule has 0 aliphatic carbocycles. The van der Waals surface area contributed by atoms with Crippen molar-refractivity contribution in [3.8, 4) is 5.75 Å². The van der Waals surface area contributed by atoms with Gasteiger partial charge in [0.1, 0.15) is 17.4 Å². The van der Waals surface area contributed by atoms with Crippen LogP contribution in [0.1, 0.15) is 36.5 Å². The van der Waals surface area contributed by atoms with E-state index in [4.69, 9.17) is 9.15 Å². The summed E-state index contributed by atoms with van der Waals surface area (Å²) in [6.45, 7) is 7.18. The molecule has 1 N–H and O–H groups in total. The molecule has 0 fully saturated rings. The van der Waals surface area contributed by atoms with Crippen LogP contribution in [-0.4, -0.2) is 20.4 Å². The van der Waals surface area contributed by atoms with Gasteiger partial charge in [-0.1, -0.05) is 31.0 Å². The van der Waals surface area contributed by atoms with E-state index in [0.29, 0.717) is 17.6 Å². The lowest BCUT2D eigenvalue weighted by atomic mass is 10.1. The maximum absolute atomic E-state index is 12.8. The Hall–Kier alpha value is -2.97. The van der Waals surface area contributed by atoms with Gasteiger partial charge in [-0.25, -0.2) is 18.0 Å². The number of rotatable bonds is 7. The van der Waals surface area contributed by atoms with E-state index in [0.717, 1.165) is 16.5 Å². The van der Waals surface area contributed by atoms with Gasteiger partial charge in [0, 0.05) is 17.0 Å². The van der Waals surface area contributed by atoms with Crippen LogP contribution in [0.5, 0.6) is 5.75 Å². The number of fused-ring (bicyclic) bond motifs is 1. The van der Waals surface area contributed by atoms with Gasteiger partial charge in [-0.15, -0.1) is 0 Å². The molecular formula is C23H25NO6S. The summed E-state index contributed by atoms with van der Waals surface area (Å²) in [5.41, 5.74) is 2.01. The first-order valence-electron chi connectivity index (χ1n) is 9.97. The predicted molar refractivity (Wildman–Crippen MR) is 118 cm³/mol. The maximum atomic E-state index is 12.8. The topological polar surface area (TPSA) is 103 Å². The van der Waals surface area contributed by atoms with Gasteiger partial charge in [0.05, 0.1) is 4.90 Å². The third kappa shape index (κ3) is 5.03. The van der Waals surface area contributed by atoms with Crippen LogP contribution >= 0.6 is 0 Å². The minimum atomic E-state index is -3.90. The second-order valence-electron chi connectivity index (χ2n) is 7.51. The Morgan fingerprint density at radius 2 is 1.77 bits per heavy atom. The first kappa shape index (κ1) is 22.7. The van der Waals surface area contributed by atoms with E-state index in [2.05, 4.69) is 4.72 Å². The molecule has 2 aromatic carbocycles. The molecule has 0 aliphatic heterocycles. The maximum Gasteiger partial charge on any atom is 0.336 e. The predicted octanol–water partition coefficient (Wildman–Crippen LogP) is 3.77. The van der Waals surface area contributed by atoms with Gasteiger partial charge in [-0.05, 0) is 57.0 Å². The molecule has 3 aromatic rings. The average Bonchev–Trinajstić information content (AvgIpc) is 2.70. The first-order chi connectivity index (χ1) is 14.6. The van der Waals surface area contributed by atoms with Gasteiger partial charge in [-0.2, -0.15) is 4.72 Å². The zero-order valence-electron chi connectivity index (χ0n) is 17.9. The zero-order valence-corrected chi connectivity index (χ0v) is 18.7. The van der Waals surface area contributed by atoms with Crippen molar-refractivity contribution >= 4 is 27.0 Å². The highest BCUT2D eigenvalue weighted by Gasteiger charge is 2.27. The fourth-order valence-electron chi connectivity index (χ4n) is 3.28. The minimum absolute atomic E-state index is 0.0751. The Balaban J connectivity index is 1.88. The molecule has 0 saturated carbocycles. The number of aryl methyl sites for hydroxylation is 3. The van der Waals surface area contributed by atoms with E-state index in [1.807, 2.05) is 13.8 Å². The molecule has 1 atom stereocenters. The molecule has 0 bridgehead atoms. The molecule has 3 rings (SSSR count). The van der Waals surface area contributed by atoms with Gasteiger partial charge in [0.15, 0.2) is 0 Å². The first-order valence-corrected chi connectivity index (χ1v) is 11.5. The van der Waals surface area contributed by atoms with Crippen LogP contribution in [0.3, 0.4) is 0 Å². The van der Waals surface area contributed by atoms with E-state index in [9.17, 15) is 18.0 Å². The van der Waals surface area contributed by atoms with Crippen molar-refractivity contribution in [3.63, 3.8) is 0 Å². The molecule has 164 valence electrons. The Bertz CT molecular complexity index is 1280. The van der Waals surface area contributed by atoms with Crippen molar-refractivity contribution in [3.05, 3.63) is 69.6 Å². The Kier molecular flexibility index (Phi) is 6.62. The summed E-state index contributed by atoms with van der Waals surface area (Å²) >= 11 is 0. The highest BCUT2D eigenvalue weighted by Crippen LogP contribution is 2.28. The van der Waals surface area contributed by atoms with E-state index in [1.54, 1.807) is 38.1 Å². The van der Waals surface area contributed by atoms with E-state index in [-0.39, 0.29) is 17.1 Å². The summed E-state index contributed by atoms with van der Waals surface area (Å²) in [5.74, 6) is -0.517. The monoisotopic (exact) mass is 443 g/mol. The minimum Gasteiger partial charge on any atom is -0.425 e. The van der Waals surface area contributed by atoms with Crippen molar-refractivity contribution in [2.45, 2.75) is 51.5 Å². The second kappa shape index (κ2) is 9.03. The van der Waals surface area contributed by atoms with Gasteiger partial charge in [0.25, 0.3) is 0 Å². The molecule has 7 nitrogen and oxygen atoms in total. The molecule has 1 unspecified atom stereocenters. The number of nitrogens with one attached hydrogen (secondary N) is 1. The van der Waals surface area contributed by atoms with E-state index in [1.165, 1.54) is 18.2 Å². The SMILES string of the molecule is CCCC(NS(=O)(=O)c1ccc(C)cc1)C(=O)Oc1ccc2c(C)cc(=O)oc2c1C. The smallest absolute Gasteiger partial charge is 0.336 e. The summed E-state index contributed by atoms with van der Waals surface area (Å²) in [6.07, 6.45) is 0.839. The van der Waals surface area contributed by atoms with Crippen molar-refractivity contribution in [2.75, 3.05) is 0 Å². The Morgan fingerprint density at radius 3 is 2.42 bits per heavy atom. The third-order valence-corrected chi connectivity index (χ3v) is 6.51. The van der Waals surface area contributed by atoms with Crippen LogP contribution in [-0.2, 0) is 14.8 Å². The van der Waals surface area contributed by atoms with Crippen LogP contribution in [0.25, 0.3) is 11.0 Å². The van der Waals surface area contributed by atoms with Gasteiger partial charge < -0.3 is 9.15 Å². The van der Waals surface area contributed by atoms with Gasteiger partial charge in [0.2, 0.25) is 10.0 Å². The lowest BCUT2D eigenvalue weighted by Gasteiger charge is -2.18. The standard InChI is InChI=1S/C23H25NO6S/c1-5-6-19(24-31(27,28)17-9-7-14(2)8-10-17)23(26)29-20-12-11-18-15(3)13-21(25)30-22(18)16(20)4/h7-13,19,24H,5-6H2,1-4H3. The summed E-state index contributed by atoms with van der Waals surface area (Å²) in [6, 6.07) is 10.0. The molecule has 0 spiro atoms. The number of ether oxygens (including phenoxy) is 1. The largest absolute Gasteiger partial charge is 0.425 e. The van der Waals surface area contributed by atoms with Crippen molar-refractivity contribution in [1.82, 2.24) is 4.72 Å². The highest BCUT2D eigenvalue weighted by molar-refractivity contribution is 7.89. The van der Waals surface area contributed by atoms with Crippen molar-refractivity contribution < 1.29 is 22.4 Å². The average molecular weight is 444 g/mol. The third-order valence-electron chi connectivity index (χ3n) is 5.02. The fraction of sp³-hybridized carbons (Fsp3) is 0.304. The Morgan fingerprint density at radius 1 is 1.10 bits per heavy atom. The molecule has 0 radical (unpaired) electrons. The number of benzene rings is 2. The number of carbonyl (C=O) groups is 1. The molecule has 0 amide bonds. The highest BCUT2D eigenvalue weighted by atomic mass is 32.2. The molecule has 1 aromatic heterocycles. The van der Waals surface area contributed by atoms with Crippen molar-refractivity contribution in [2.24, 2.45) is 0 Å². The summed E-state index contributed by atoms with van der Waals surface area (Å²) in [5, 5.41) is 0.738. The zero-order chi connectivity index (χ0) is 22.8. The number of esters is 1. The number of hydrogen-bond acceptors (Lipinski definition) is 6. The van der Waals surface area contributed by atoms with Crippen LogP contribution in [0.2, 0.25) is 0 Å². The van der Waals surface area contributed by atoms with Crippen LogP contribution in [0.4, 0.5) is 0 Å². The van der Waals surface area contributed by atoms with Crippen LogP contribution < -0.4 is 15.1 Å². The number of hydrogen-bond donors (Lipinski definition) is 1. The summed E-state index contributed by atoms with van der Waals surface area (Å²) in [4.78, 5) is 24.7. The summed E-state index contributed by atoms with van der Waals surface area (Å²) in [7, 11) is -3.90. The van der Waals surface area contributed by atoms with E-state index < -0.39 is 27.7 Å². The molecule has 0 aliphatic rings. The van der Waals surface area contributed by atoms with Gasteiger partial charge in [-0.3, -0.25) is 0 Å². The molecular weight excluding hydrogens is 418 g/mol. The number of sulfonamides is 1. The van der Waals surface area contributed by atoms with Gasteiger partial charge >= 0.3 is 11.6 Å². The van der Waals surface area contributed by atoms with Crippen molar-refractivity contribution in [1.29, 1.82) is 0 Å². The Labute approximate surface area is 181 Å². The lowest BCUT2D eigenvalue weighted by Crippen LogP contribution is -2.42. The fourth-order valence-corrected chi connectivity index (χ4v) is 4.50. The molecule has 0 saturated heterocycles. The quantitative estimate of drug-likeness (QED) is 0.339. The normalized spacial score (nSPS) is 12.6. The van der Waals surface area contributed by atoms with Crippen LogP contribution in [0, 0.1) is 20.8 Å².